The van der Waals surface area contributed by atoms with E-state index in [2.05, 4.69) is 20.2 Å². The van der Waals surface area contributed by atoms with Crippen molar-refractivity contribution >= 4 is 11.9 Å². The SMILES string of the molecule is COc1ccccc1CC(=O)NCc1cc(C)nc(N2CCCCC2)n1. The van der Waals surface area contributed by atoms with Crippen LogP contribution >= 0.6 is 0 Å². The standard InChI is InChI=1S/C20H26N4O2/c1-15-12-17(23-20(22-15)24-10-6-3-7-11-24)14-21-19(25)13-16-8-4-5-9-18(16)26-2/h4-5,8-9,12H,3,6-7,10-11,13-14H2,1-2H3,(H,21,25). The predicted octanol–water partition coefficient (Wildman–Crippen LogP) is 2.64. The van der Waals surface area contributed by atoms with Gasteiger partial charge in [0.25, 0.3) is 0 Å². The van der Waals surface area contributed by atoms with Crippen molar-refractivity contribution in [2.45, 2.75) is 39.2 Å². The van der Waals surface area contributed by atoms with Crippen molar-refractivity contribution in [1.82, 2.24) is 15.3 Å². The monoisotopic (exact) mass is 354 g/mol. The minimum atomic E-state index is -0.0507. The molecule has 1 fully saturated rings. The second-order valence-electron chi connectivity index (χ2n) is 6.61. The lowest BCUT2D eigenvalue weighted by Gasteiger charge is -2.27. The fourth-order valence-corrected chi connectivity index (χ4v) is 3.22. The van der Waals surface area contributed by atoms with Crippen LogP contribution < -0.4 is 15.0 Å². The average molecular weight is 354 g/mol. The number of hydrogen-bond acceptors (Lipinski definition) is 5. The van der Waals surface area contributed by atoms with Crippen molar-refractivity contribution in [2.24, 2.45) is 0 Å². The Labute approximate surface area is 154 Å². The van der Waals surface area contributed by atoms with Crippen LogP contribution in [0.3, 0.4) is 0 Å². The van der Waals surface area contributed by atoms with E-state index >= 15 is 0 Å². The third-order valence-electron chi connectivity index (χ3n) is 4.54. The quantitative estimate of drug-likeness (QED) is 0.864. The van der Waals surface area contributed by atoms with Gasteiger partial charge < -0.3 is 15.0 Å². The number of nitrogens with one attached hydrogen (secondary N) is 1. The zero-order chi connectivity index (χ0) is 18.4. The molecule has 2 heterocycles. The van der Waals surface area contributed by atoms with Crippen LogP contribution in [0.4, 0.5) is 5.95 Å². The van der Waals surface area contributed by atoms with Crippen LogP contribution in [0, 0.1) is 6.92 Å². The first-order chi connectivity index (χ1) is 12.7. The summed E-state index contributed by atoms with van der Waals surface area (Å²) in [7, 11) is 1.61. The molecule has 1 aliphatic rings. The van der Waals surface area contributed by atoms with Crippen molar-refractivity contribution in [3.05, 3.63) is 47.3 Å². The summed E-state index contributed by atoms with van der Waals surface area (Å²) in [6.45, 7) is 4.37. The van der Waals surface area contributed by atoms with Crippen molar-refractivity contribution in [2.75, 3.05) is 25.1 Å². The number of aromatic nitrogens is 2. The van der Waals surface area contributed by atoms with Gasteiger partial charge in [0.2, 0.25) is 11.9 Å². The summed E-state index contributed by atoms with van der Waals surface area (Å²) in [6, 6.07) is 9.50. The topological polar surface area (TPSA) is 67.3 Å². The fraction of sp³-hybridized carbons (Fsp3) is 0.450. The minimum absolute atomic E-state index is 0.0507. The van der Waals surface area contributed by atoms with E-state index in [1.165, 1.54) is 19.3 Å². The zero-order valence-corrected chi connectivity index (χ0v) is 15.5. The lowest BCUT2D eigenvalue weighted by atomic mass is 10.1. The van der Waals surface area contributed by atoms with Crippen molar-refractivity contribution in [3.8, 4) is 5.75 Å². The van der Waals surface area contributed by atoms with Gasteiger partial charge in [-0.3, -0.25) is 4.79 Å². The molecule has 0 aliphatic carbocycles. The lowest BCUT2D eigenvalue weighted by Crippen LogP contribution is -2.32. The molecule has 0 spiro atoms. The molecule has 1 N–H and O–H groups in total. The van der Waals surface area contributed by atoms with E-state index in [0.29, 0.717) is 6.54 Å². The Bertz CT molecular complexity index is 757. The molecular weight excluding hydrogens is 328 g/mol. The van der Waals surface area contributed by atoms with Crippen molar-refractivity contribution in [1.29, 1.82) is 0 Å². The van der Waals surface area contributed by atoms with Crippen LogP contribution in [-0.4, -0.2) is 36.1 Å². The summed E-state index contributed by atoms with van der Waals surface area (Å²) in [4.78, 5) is 23.7. The first-order valence-corrected chi connectivity index (χ1v) is 9.14. The second-order valence-corrected chi connectivity index (χ2v) is 6.61. The summed E-state index contributed by atoms with van der Waals surface area (Å²) in [5, 5.41) is 2.95. The number of nitrogens with zero attached hydrogens (tertiary/aromatic N) is 3. The van der Waals surface area contributed by atoms with E-state index in [9.17, 15) is 4.79 Å². The summed E-state index contributed by atoms with van der Waals surface area (Å²) in [5.74, 6) is 1.46. The highest BCUT2D eigenvalue weighted by Gasteiger charge is 2.15. The number of para-hydroxylation sites is 1. The number of aryl methyl sites for hydroxylation is 1. The van der Waals surface area contributed by atoms with E-state index < -0.39 is 0 Å². The van der Waals surface area contributed by atoms with Gasteiger partial charge >= 0.3 is 0 Å². The smallest absolute Gasteiger partial charge is 0.225 e. The van der Waals surface area contributed by atoms with E-state index in [1.54, 1.807) is 7.11 Å². The Kier molecular flexibility index (Phi) is 6.04. The molecule has 1 saturated heterocycles. The van der Waals surface area contributed by atoms with Gasteiger partial charge in [0.15, 0.2) is 0 Å². The Morgan fingerprint density at radius 1 is 1.19 bits per heavy atom. The Morgan fingerprint density at radius 2 is 1.96 bits per heavy atom. The maximum atomic E-state index is 12.3. The zero-order valence-electron chi connectivity index (χ0n) is 15.5. The molecule has 3 rings (SSSR count). The van der Waals surface area contributed by atoms with Gasteiger partial charge in [-0.1, -0.05) is 18.2 Å². The number of carbonyl (C=O) groups excluding carboxylic acids is 1. The summed E-state index contributed by atoms with van der Waals surface area (Å²) < 4.78 is 5.30. The molecule has 6 nitrogen and oxygen atoms in total. The van der Waals surface area contributed by atoms with Gasteiger partial charge in [-0.05, 0) is 38.3 Å². The van der Waals surface area contributed by atoms with E-state index in [-0.39, 0.29) is 12.3 Å². The predicted molar refractivity (Wildman–Crippen MR) is 101 cm³/mol. The van der Waals surface area contributed by atoms with Gasteiger partial charge in [0.05, 0.1) is 25.8 Å². The van der Waals surface area contributed by atoms with Gasteiger partial charge in [0.1, 0.15) is 5.75 Å². The van der Waals surface area contributed by atoms with Crippen LogP contribution in [0.2, 0.25) is 0 Å². The fourth-order valence-electron chi connectivity index (χ4n) is 3.22. The van der Waals surface area contributed by atoms with Crippen LogP contribution in [0.25, 0.3) is 0 Å². The highest BCUT2D eigenvalue weighted by Crippen LogP contribution is 2.18. The molecule has 0 unspecified atom stereocenters. The number of carbonyl (C=O) groups is 1. The molecule has 0 bridgehead atoms. The van der Waals surface area contributed by atoms with E-state index in [1.807, 2.05) is 37.3 Å². The number of methoxy groups -OCH3 is 1. The molecule has 1 amide bonds. The van der Waals surface area contributed by atoms with Crippen LogP contribution in [0.5, 0.6) is 5.75 Å². The van der Waals surface area contributed by atoms with Crippen LogP contribution in [0.15, 0.2) is 30.3 Å². The molecule has 0 atom stereocenters. The second kappa shape index (κ2) is 8.65. The third-order valence-corrected chi connectivity index (χ3v) is 4.54. The number of benzene rings is 1. The van der Waals surface area contributed by atoms with Crippen LogP contribution in [-0.2, 0) is 17.8 Å². The Hall–Kier alpha value is -2.63. The highest BCUT2D eigenvalue weighted by atomic mass is 16.5. The molecule has 0 saturated carbocycles. The van der Waals surface area contributed by atoms with Crippen LogP contribution in [0.1, 0.15) is 36.2 Å². The Balaban J connectivity index is 1.62. The number of rotatable bonds is 6. The largest absolute Gasteiger partial charge is 0.496 e. The number of piperidine rings is 1. The molecule has 26 heavy (non-hydrogen) atoms. The molecule has 1 aromatic heterocycles. The molecular formula is C20H26N4O2. The van der Waals surface area contributed by atoms with Gasteiger partial charge in [-0.2, -0.15) is 0 Å². The highest BCUT2D eigenvalue weighted by molar-refractivity contribution is 5.79. The number of amides is 1. The molecule has 1 aromatic carbocycles. The average Bonchev–Trinajstić information content (AvgIpc) is 2.67. The lowest BCUT2D eigenvalue weighted by molar-refractivity contribution is -0.120. The van der Waals surface area contributed by atoms with Gasteiger partial charge in [-0.25, -0.2) is 9.97 Å². The van der Waals surface area contributed by atoms with E-state index in [0.717, 1.165) is 41.7 Å². The maximum Gasteiger partial charge on any atom is 0.225 e. The van der Waals surface area contributed by atoms with Crippen molar-refractivity contribution < 1.29 is 9.53 Å². The van der Waals surface area contributed by atoms with Gasteiger partial charge in [-0.15, -0.1) is 0 Å². The van der Waals surface area contributed by atoms with E-state index in [4.69, 9.17) is 4.74 Å². The molecule has 6 heteroatoms. The number of hydrogen-bond donors (Lipinski definition) is 1. The first kappa shape index (κ1) is 18.2. The summed E-state index contributed by atoms with van der Waals surface area (Å²) in [6.07, 6.45) is 3.92. The molecule has 138 valence electrons. The maximum absolute atomic E-state index is 12.3. The normalized spacial score (nSPS) is 14.2. The molecule has 1 aliphatic heterocycles. The minimum Gasteiger partial charge on any atom is -0.496 e. The van der Waals surface area contributed by atoms with Crippen molar-refractivity contribution in [3.63, 3.8) is 0 Å². The molecule has 2 aromatic rings. The summed E-state index contributed by atoms with van der Waals surface area (Å²) >= 11 is 0. The first-order valence-electron chi connectivity index (χ1n) is 9.14. The number of ether oxygens (including phenoxy) is 1. The Morgan fingerprint density at radius 3 is 2.73 bits per heavy atom. The third kappa shape index (κ3) is 4.71. The summed E-state index contributed by atoms with van der Waals surface area (Å²) in [5.41, 5.74) is 2.64. The molecule has 0 radical (unpaired) electrons. The van der Waals surface area contributed by atoms with Gasteiger partial charge in [0, 0.05) is 24.3 Å². The number of anilines is 1.